The Morgan fingerprint density at radius 2 is 1.73 bits per heavy atom. The van der Waals surface area contributed by atoms with Crippen molar-refractivity contribution in [2.24, 2.45) is 0 Å². The van der Waals surface area contributed by atoms with E-state index in [0.717, 1.165) is 26.1 Å². The quantitative estimate of drug-likeness (QED) is 0.931. The lowest BCUT2D eigenvalue weighted by molar-refractivity contribution is 0.0475. The summed E-state index contributed by atoms with van der Waals surface area (Å²) in [5.74, 6) is 0.276. The standard InChI is InChI=1S/C19H23NO.ClH/c1-15-7-5-6-10-17(15)18-11-12-20(14-19(18)21)13-16-8-3-2-4-9-16;/h2-10,18-19,21H,11-14H2,1H3;1H. The zero-order chi connectivity index (χ0) is 14.7. The van der Waals surface area contributed by atoms with Crippen LogP contribution in [0.3, 0.4) is 0 Å². The fourth-order valence-corrected chi connectivity index (χ4v) is 3.35. The highest BCUT2D eigenvalue weighted by Crippen LogP contribution is 2.30. The summed E-state index contributed by atoms with van der Waals surface area (Å²) in [5, 5.41) is 10.6. The maximum absolute atomic E-state index is 10.6. The van der Waals surface area contributed by atoms with Crippen LogP contribution in [0.4, 0.5) is 0 Å². The molecule has 0 radical (unpaired) electrons. The van der Waals surface area contributed by atoms with Crippen LogP contribution in [0, 0.1) is 6.92 Å². The van der Waals surface area contributed by atoms with Crippen LogP contribution in [0.5, 0.6) is 0 Å². The molecule has 2 unspecified atom stereocenters. The van der Waals surface area contributed by atoms with Gasteiger partial charge in [0, 0.05) is 19.0 Å². The second-order valence-electron chi connectivity index (χ2n) is 6.04. The summed E-state index contributed by atoms with van der Waals surface area (Å²) in [6.07, 6.45) is 0.752. The molecule has 1 heterocycles. The van der Waals surface area contributed by atoms with Crippen molar-refractivity contribution in [1.82, 2.24) is 4.90 Å². The van der Waals surface area contributed by atoms with Gasteiger partial charge in [-0.25, -0.2) is 0 Å². The summed E-state index contributed by atoms with van der Waals surface area (Å²) < 4.78 is 0. The molecule has 2 aromatic rings. The van der Waals surface area contributed by atoms with Crippen LogP contribution < -0.4 is 0 Å². The smallest absolute Gasteiger partial charge is 0.0736 e. The highest BCUT2D eigenvalue weighted by Gasteiger charge is 2.29. The lowest BCUT2D eigenvalue weighted by Gasteiger charge is -2.36. The molecule has 1 N–H and O–H groups in total. The average molecular weight is 318 g/mol. The minimum atomic E-state index is -0.274. The Hall–Kier alpha value is -1.35. The molecule has 1 fully saturated rings. The molecule has 1 aliphatic heterocycles. The summed E-state index contributed by atoms with van der Waals surface area (Å²) in [5.41, 5.74) is 3.92. The van der Waals surface area contributed by atoms with E-state index >= 15 is 0 Å². The Morgan fingerprint density at radius 1 is 1.05 bits per heavy atom. The van der Waals surface area contributed by atoms with Crippen molar-refractivity contribution in [3.63, 3.8) is 0 Å². The van der Waals surface area contributed by atoms with Crippen LogP contribution in [-0.4, -0.2) is 29.2 Å². The SMILES string of the molecule is Cc1ccccc1C1CCN(Cc2ccccc2)CC1O.Cl. The van der Waals surface area contributed by atoms with Crippen molar-refractivity contribution in [3.8, 4) is 0 Å². The van der Waals surface area contributed by atoms with Gasteiger partial charge in [-0.3, -0.25) is 4.90 Å². The fourth-order valence-electron chi connectivity index (χ4n) is 3.35. The summed E-state index contributed by atoms with van der Waals surface area (Å²) in [6.45, 7) is 4.87. The first kappa shape index (κ1) is 17.0. The van der Waals surface area contributed by atoms with E-state index in [9.17, 15) is 5.11 Å². The topological polar surface area (TPSA) is 23.5 Å². The van der Waals surface area contributed by atoms with Gasteiger partial charge in [0.15, 0.2) is 0 Å². The second-order valence-corrected chi connectivity index (χ2v) is 6.04. The third-order valence-corrected chi connectivity index (χ3v) is 4.50. The number of β-amino-alcohol motifs (C(OH)–C–C–N with tert-alkyl or cyclic N) is 1. The van der Waals surface area contributed by atoms with Crippen molar-refractivity contribution in [3.05, 3.63) is 71.3 Å². The predicted molar refractivity (Wildman–Crippen MR) is 93.5 cm³/mol. The van der Waals surface area contributed by atoms with Gasteiger partial charge in [-0.05, 0) is 36.6 Å². The van der Waals surface area contributed by atoms with Gasteiger partial charge in [-0.15, -0.1) is 12.4 Å². The molecule has 0 aromatic heterocycles. The summed E-state index contributed by atoms with van der Waals surface area (Å²) in [4.78, 5) is 2.36. The molecule has 3 heteroatoms. The van der Waals surface area contributed by atoms with Crippen LogP contribution in [0.25, 0.3) is 0 Å². The highest BCUT2D eigenvalue weighted by molar-refractivity contribution is 5.85. The zero-order valence-corrected chi connectivity index (χ0v) is 13.8. The molecule has 0 amide bonds. The molecule has 3 rings (SSSR count). The monoisotopic (exact) mass is 317 g/mol. The minimum absolute atomic E-state index is 0. The number of aliphatic hydroxyl groups excluding tert-OH is 1. The van der Waals surface area contributed by atoms with E-state index in [4.69, 9.17) is 0 Å². The molecule has 1 saturated heterocycles. The first-order valence-corrected chi connectivity index (χ1v) is 7.74. The van der Waals surface area contributed by atoms with Gasteiger partial charge in [-0.2, -0.15) is 0 Å². The lowest BCUT2D eigenvalue weighted by atomic mass is 9.84. The minimum Gasteiger partial charge on any atom is -0.391 e. The van der Waals surface area contributed by atoms with Crippen molar-refractivity contribution >= 4 is 12.4 Å². The van der Waals surface area contributed by atoms with Crippen LogP contribution in [0.15, 0.2) is 54.6 Å². The molecule has 0 bridgehead atoms. The van der Waals surface area contributed by atoms with E-state index in [2.05, 4.69) is 60.4 Å². The first-order chi connectivity index (χ1) is 10.2. The molecule has 0 aliphatic carbocycles. The van der Waals surface area contributed by atoms with E-state index in [0.29, 0.717) is 0 Å². The number of aryl methyl sites for hydroxylation is 1. The molecule has 2 nitrogen and oxygen atoms in total. The Balaban J connectivity index is 0.00000176. The Kier molecular flexibility index (Phi) is 6.01. The van der Waals surface area contributed by atoms with Crippen molar-refractivity contribution in [2.75, 3.05) is 13.1 Å². The molecule has 1 aliphatic rings. The largest absolute Gasteiger partial charge is 0.391 e. The number of likely N-dealkylation sites (tertiary alicyclic amines) is 1. The number of benzene rings is 2. The van der Waals surface area contributed by atoms with Crippen molar-refractivity contribution < 1.29 is 5.11 Å². The van der Waals surface area contributed by atoms with E-state index in [1.54, 1.807) is 0 Å². The molecule has 0 saturated carbocycles. The van der Waals surface area contributed by atoms with Gasteiger partial charge >= 0.3 is 0 Å². The van der Waals surface area contributed by atoms with Gasteiger partial charge in [0.25, 0.3) is 0 Å². The number of halogens is 1. The summed E-state index contributed by atoms with van der Waals surface area (Å²) in [6, 6.07) is 18.9. The fraction of sp³-hybridized carbons (Fsp3) is 0.368. The van der Waals surface area contributed by atoms with E-state index in [1.807, 2.05) is 6.07 Å². The Morgan fingerprint density at radius 3 is 2.41 bits per heavy atom. The van der Waals surface area contributed by atoms with Gasteiger partial charge in [-0.1, -0.05) is 54.6 Å². The molecule has 22 heavy (non-hydrogen) atoms. The zero-order valence-electron chi connectivity index (χ0n) is 13.0. The van der Waals surface area contributed by atoms with Crippen LogP contribution >= 0.6 is 12.4 Å². The number of hydrogen-bond acceptors (Lipinski definition) is 2. The number of nitrogens with zero attached hydrogens (tertiary/aromatic N) is 1. The molecule has 2 atom stereocenters. The maximum Gasteiger partial charge on any atom is 0.0736 e. The van der Waals surface area contributed by atoms with Gasteiger partial charge in [0.05, 0.1) is 6.10 Å². The number of rotatable bonds is 3. The van der Waals surface area contributed by atoms with Crippen molar-refractivity contribution in [1.29, 1.82) is 0 Å². The van der Waals surface area contributed by atoms with Crippen molar-refractivity contribution in [2.45, 2.75) is 31.9 Å². The molecule has 118 valence electrons. The second kappa shape index (κ2) is 7.77. The highest BCUT2D eigenvalue weighted by atomic mass is 35.5. The van der Waals surface area contributed by atoms with Gasteiger partial charge < -0.3 is 5.11 Å². The van der Waals surface area contributed by atoms with Crippen LogP contribution in [0.1, 0.15) is 29.0 Å². The summed E-state index contributed by atoms with van der Waals surface area (Å²) >= 11 is 0. The third kappa shape index (κ3) is 3.89. The first-order valence-electron chi connectivity index (χ1n) is 7.74. The normalized spacial score (nSPS) is 22.1. The number of piperidine rings is 1. The average Bonchev–Trinajstić information content (AvgIpc) is 2.50. The van der Waals surface area contributed by atoms with E-state index < -0.39 is 0 Å². The third-order valence-electron chi connectivity index (χ3n) is 4.50. The number of hydrogen-bond donors (Lipinski definition) is 1. The Labute approximate surface area is 139 Å². The van der Waals surface area contributed by atoms with E-state index in [1.165, 1.54) is 16.7 Å². The molecule has 2 aromatic carbocycles. The van der Waals surface area contributed by atoms with Crippen LogP contribution in [0.2, 0.25) is 0 Å². The lowest BCUT2D eigenvalue weighted by Crippen LogP contribution is -2.42. The number of aliphatic hydroxyl groups is 1. The molecular formula is C19H24ClNO. The van der Waals surface area contributed by atoms with Gasteiger partial charge in [0.2, 0.25) is 0 Å². The predicted octanol–water partition coefficient (Wildman–Crippen LogP) is 3.77. The molecular weight excluding hydrogens is 294 g/mol. The molecule has 0 spiro atoms. The van der Waals surface area contributed by atoms with E-state index in [-0.39, 0.29) is 24.4 Å². The maximum atomic E-state index is 10.6. The Bertz CT molecular complexity index is 587. The van der Waals surface area contributed by atoms with Crippen LogP contribution in [-0.2, 0) is 6.54 Å². The van der Waals surface area contributed by atoms with Gasteiger partial charge in [0.1, 0.15) is 0 Å². The summed E-state index contributed by atoms with van der Waals surface area (Å²) in [7, 11) is 0.